The number of amides is 1. The number of primary amides is 1. The zero-order chi connectivity index (χ0) is 7.49. The Labute approximate surface area is 61.7 Å². The number of nitrogens with two attached hydrogens (primary N) is 1. The molecule has 0 bridgehead atoms. The molecule has 0 aliphatic carbocycles. The normalized spacial score (nSPS) is 16.7. The highest BCUT2D eigenvalue weighted by molar-refractivity contribution is 8.73. The lowest BCUT2D eigenvalue weighted by Gasteiger charge is -2.06. The van der Waals surface area contributed by atoms with Gasteiger partial charge in [-0.3, -0.25) is 4.79 Å². The standard InChI is InChI=1S/C2H6NO3PS2/c1-6-7(5,8)9-2(3)4/h1H3,(H2,3,4)(H,5,8). The van der Waals surface area contributed by atoms with Crippen molar-refractivity contribution in [3.05, 3.63) is 0 Å². The second kappa shape index (κ2) is 3.53. The summed E-state index contributed by atoms with van der Waals surface area (Å²) in [6.45, 7) is 0. The van der Waals surface area contributed by atoms with Crippen LogP contribution in [0.4, 0.5) is 4.79 Å². The zero-order valence-electron chi connectivity index (χ0n) is 4.60. The third-order valence-corrected chi connectivity index (χ3v) is 4.11. The molecule has 0 saturated heterocycles. The molecule has 0 heterocycles. The van der Waals surface area contributed by atoms with Crippen LogP contribution in [0.2, 0.25) is 0 Å². The van der Waals surface area contributed by atoms with Crippen LogP contribution >= 0.6 is 17.1 Å². The van der Waals surface area contributed by atoms with Gasteiger partial charge in [-0.25, -0.2) is 0 Å². The SMILES string of the molecule is COP(O)(=S)SC(N)=O. The van der Waals surface area contributed by atoms with E-state index in [9.17, 15) is 4.79 Å². The van der Waals surface area contributed by atoms with E-state index in [1.54, 1.807) is 0 Å². The molecule has 0 rings (SSSR count). The first-order chi connectivity index (χ1) is 3.98. The molecule has 4 nitrogen and oxygen atoms in total. The monoisotopic (exact) mass is 187 g/mol. The third-order valence-electron chi connectivity index (χ3n) is 0.436. The Balaban J connectivity index is 3.88. The zero-order valence-corrected chi connectivity index (χ0v) is 7.13. The Bertz CT molecular complexity index is 160. The molecule has 0 aliphatic heterocycles. The number of hydrogen-bond donors (Lipinski definition) is 2. The van der Waals surface area contributed by atoms with Crippen LogP contribution in [-0.4, -0.2) is 17.2 Å². The van der Waals surface area contributed by atoms with Crippen molar-refractivity contribution in [3.63, 3.8) is 0 Å². The molecule has 0 fully saturated rings. The van der Waals surface area contributed by atoms with Gasteiger partial charge in [-0.2, -0.15) is 0 Å². The van der Waals surface area contributed by atoms with Crippen molar-refractivity contribution >= 4 is 34.1 Å². The summed E-state index contributed by atoms with van der Waals surface area (Å²) in [4.78, 5) is 18.9. The van der Waals surface area contributed by atoms with Crippen LogP contribution in [0, 0.1) is 0 Å². The van der Waals surface area contributed by atoms with Crippen LogP contribution in [-0.2, 0) is 16.3 Å². The maximum absolute atomic E-state index is 10.1. The lowest BCUT2D eigenvalue weighted by atomic mass is 11.5. The first-order valence-corrected chi connectivity index (χ1v) is 5.95. The fourth-order valence-electron chi connectivity index (χ4n) is 0.151. The molecule has 3 N–H and O–H groups in total. The van der Waals surface area contributed by atoms with Gasteiger partial charge in [-0.05, 0) is 11.8 Å². The molecular formula is C2H6NO3PS2. The van der Waals surface area contributed by atoms with Crippen molar-refractivity contribution in [2.75, 3.05) is 7.11 Å². The summed E-state index contributed by atoms with van der Waals surface area (Å²) in [5.74, 6) is 0. The Kier molecular flexibility index (Phi) is 3.68. The van der Waals surface area contributed by atoms with Gasteiger partial charge in [0.2, 0.25) is 0 Å². The molecule has 0 radical (unpaired) electrons. The molecule has 9 heavy (non-hydrogen) atoms. The van der Waals surface area contributed by atoms with E-state index < -0.39 is 10.9 Å². The van der Waals surface area contributed by atoms with Gasteiger partial charge < -0.3 is 15.2 Å². The van der Waals surface area contributed by atoms with Crippen LogP contribution < -0.4 is 5.73 Å². The summed E-state index contributed by atoms with van der Waals surface area (Å²) in [5.41, 5.74) is 1.75. The van der Waals surface area contributed by atoms with E-state index in [2.05, 4.69) is 16.3 Å². The van der Waals surface area contributed by atoms with Gasteiger partial charge in [0.1, 0.15) is 0 Å². The highest BCUT2D eigenvalue weighted by Crippen LogP contribution is 2.54. The molecule has 0 aromatic carbocycles. The molecule has 1 unspecified atom stereocenters. The van der Waals surface area contributed by atoms with Gasteiger partial charge >= 0.3 is 0 Å². The number of carbonyl (C=O) groups excluding carboxylic acids is 1. The summed E-state index contributed by atoms with van der Waals surface area (Å²) in [6, 6.07) is 0. The summed E-state index contributed by atoms with van der Waals surface area (Å²) in [5, 5.41) is -0.720. The van der Waals surface area contributed by atoms with Gasteiger partial charge in [0, 0.05) is 18.5 Å². The van der Waals surface area contributed by atoms with Gasteiger partial charge in [0.05, 0.1) is 0 Å². The van der Waals surface area contributed by atoms with Crippen molar-refractivity contribution in [3.8, 4) is 0 Å². The fourth-order valence-corrected chi connectivity index (χ4v) is 2.02. The van der Waals surface area contributed by atoms with E-state index >= 15 is 0 Å². The molecule has 0 aromatic heterocycles. The van der Waals surface area contributed by atoms with E-state index in [-0.39, 0.29) is 0 Å². The number of carbonyl (C=O) groups is 1. The average molecular weight is 187 g/mol. The van der Waals surface area contributed by atoms with Crippen LogP contribution in [0.1, 0.15) is 0 Å². The summed E-state index contributed by atoms with van der Waals surface area (Å²) < 4.78 is 4.39. The van der Waals surface area contributed by atoms with Crippen molar-refractivity contribution in [2.24, 2.45) is 5.73 Å². The van der Waals surface area contributed by atoms with Crippen molar-refractivity contribution < 1.29 is 14.2 Å². The minimum Gasteiger partial charge on any atom is -0.360 e. The largest absolute Gasteiger partial charge is 0.360 e. The van der Waals surface area contributed by atoms with Crippen molar-refractivity contribution in [2.45, 2.75) is 0 Å². The summed E-state index contributed by atoms with van der Waals surface area (Å²) >= 11 is 4.88. The van der Waals surface area contributed by atoms with Crippen LogP contribution in [0.5, 0.6) is 0 Å². The fraction of sp³-hybridized carbons (Fsp3) is 0.500. The molecule has 0 saturated carbocycles. The first kappa shape index (κ1) is 9.39. The van der Waals surface area contributed by atoms with Gasteiger partial charge in [-0.15, -0.1) is 0 Å². The van der Waals surface area contributed by atoms with Crippen LogP contribution in [0.15, 0.2) is 0 Å². The third kappa shape index (κ3) is 4.87. The maximum atomic E-state index is 10.1. The predicted molar refractivity (Wildman–Crippen MR) is 40.7 cm³/mol. The Hall–Kier alpha value is 0.390. The molecule has 0 aliphatic rings. The molecular weight excluding hydrogens is 181 g/mol. The van der Waals surface area contributed by atoms with Gasteiger partial charge in [0.15, 0.2) is 0 Å². The average Bonchev–Trinajstić information content (AvgIpc) is 1.63. The van der Waals surface area contributed by atoms with Gasteiger partial charge in [-0.1, -0.05) is 0 Å². The molecule has 54 valence electrons. The molecule has 1 amide bonds. The van der Waals surface area contributed by atoms with Crippen LogP contribution in [0.3, 0.4) is 0 Å². The molecule has 1 atom stereocenters. The molecule has 0 spiro atoms. The van der Waals surface area contributed by atoms with Crippen molar-refractivity contribution in [1.82, 2.24) is 0 Å². The van der Waals surface area contributed by atoms with E-state index in [1.165, 1.54) is 7.11 Å². The highest BCUT2D eigenvalue weighted by Gasteiger charge is 2.15. The Morgan fingerprint density at radius 2 is 2.44 bits per heavy atom. The minimum atomic E-state index is -2.95. The molecule has 7 heteroatoms. The second-order valence-electron chi connectivity index (χ2n) is 1.06. The quantitative estimate of drug-likeness (QED) is 0.621. The Morgan fingerprint density at radius 3 is 2.56 bits per heavy atom. The van der Waals surface area contributed by atoms with E-state index in [0.717, 1.165) is 0 Å². The van der Waals surface area contributed by atoms with Crippen molar-refractivity contribution in [1.29, 1.82) is 0 Å². The summed E-state index contributed by atoms with van der Waals surface area (Å²) in [6.07, 6.45) is 0. The predicted octanol–water partition coefficient (Wildman–Crippen LogP) is 0.662. The lowest BCUT2D eigenvalue weighted by molar-refractivity contribution is 0.267. The number of rotatable bonds is 2. The topological polar surface area (TPSA) is 72.6 Å². The minimum absolute atomic E-state index is 0.455. The maximum Gasteiger partial charge on any atom is 0.285 e. The second-order valence-corrected chi connectivity index (χ2v) is 7.16. The van der Waals surface area contributed by atoms with E-state index in [4.69, 9.17) is 10.6 Å². The highest BCUT2D eigenvalue weighted by atomic mass is 32.9. The Morgan fingerprint density at radius 1 is 2.00 bits per heavy atom. The van der Waals surface area contributed by atoms with E-state index in [1.807, 2.05) is 0 Å². The molecule has 0 aromatic rings. The van der Waals surface area contributed by atoms with Gasteiger partial charge in [0.25, 0.3) is 10.9 Å². The smallest absolute Gasteiger partial charge is 0.285 e. The number of hydrogen-bond acceptors (Lipinski definition) is 4. The summed E-state index contributed by atoms with van der Waals surface area (Å²) in [7, 11) is 1.23. The first-order valence-electron chi connectivity index (χ1n) is 1.85. The lowest BCUT2D eigenvalue weighted by Crippen LogP contribution is -2.01. The van der Waals surface area contributed by atoms with E-state index in [0.29, 0.717) is 11.4 Å². The van der Waals surface area contributed by atoms with Crippen LogP contribution in [0.25, 0.3) is 0 Å².